The van der Waals surface area contributed by atoms with Crippen molar-refractivity contribution in [2.45, 2.75) is 19.1 Å². The molecule has 0 aromatic heterocycles. The fourth-order valence-corrected chi connectivity index (χ4v) is 1.35. The Labute approximate surface area is 103 Å². The summed E-state index contributed by atoms with van der Waals surface area (Å²) in [4.78, 5) is 11.6. The summed E-state index contributed by atoms with van der Waals surface area (Å²) in [5, 5.41) is 11.8. The number of nitrogens with two attached hydrogens (primary N) is 1. The molecule has 0 heterocycles. The van der Waals surface area contributed by atoms with E-state index in [2.05, 4.69) is 21.2 Å². The van der Waals surface area contributed by atoms with Crippen molar-refractivity contribution < 1.29 is 9.90 Å². The van der Waals surface area contributed by atoms with Crippen molar-refractivity contribution in [3.05, 3.63) is 34.3 Å². The van der Waals surface area contributed by atoms with Crippen LogP contribution in [0, 0.1) is 0 Å². The molecule has 0 saturated carbocycles. The van der Waals surface area contributed by atoms with Gasteiger partial charge in [0.1, 0.15) is 0 Å². The standard InChI is InChI=1S/C11H15BrN2O2/c1-7(15)10(13)6-14-11(16)8-2-4-9(12)5-3-8/h2-5,7,10,15H,6,13H2,1H3,(H,14,16). The molecule has 1 amide bonds. The first-order valence-electron chi connectivity index (χ1n) is 4.98. The van der Waals surface area contributed by atoms with Gasteiger partial charge in [-0.15, -0.1) is 0 Å². The van der Waals surface area contributed by atoms with Crippen LogP contribution in [0.5, 0.6) is 0 Å². The van der Waals surface area contributed by atoms with Gasteiger partial charge in [0, 0.05) is 22.6 Å². The minimum atomic E-state index is -0.634. The van der Waals surface area contributed by atoms with Gasteiger partial charge in [-0.2, -0.15) is 0 Å². The Hall–Kier alpha value is -0.910. The number of amides is 1. The normalized spacial score (nSPS) is 14.2. The summed E-state index contributed by atoms with van der Waals surface area (Å²) in [6.45, 7) is 1.85. The van der Waals surface area contributed by atoms with Crippen LogP contribution < -0.4 is 11.1 Å². The molecule has 2 atom stereocenters. The van der Waals surface area contributed by atoms with Crippen LogP contribution in [-0.4, -0.2) is 29.7 Å². The minimum Gasteiger partial charge on any atom is -0.392 e. The zero-order valence-corrected chi connectivity index (χ0v) is 10.6. The first-order chi connectivity index (χ1) is 7.50. The number of hydrogen-bond acceptors (Lipinski definition) is 3. The smallest absolute Gasteiger partial charge is 0.251 e. The molecule has 0 fully saturated rings. The third-order valence-electron chi connectivity index (χ3n) is 2.22. The van der Waals surface area contributed by atoms with E-state index in [4.69, 9.17) is 10.8 Å². The summed E-state index contributed by atoms with van der Waals surface area (Å²) in [6.07, 6.45) is -0.634. The Morgan fingerprint density at radius 1 is 1.50 bits per heavy atom. The number of carbonyl (C=O) groups is 1. The molecule has 4 N–H and O–H groups in total. The maximum absolute atomic E-state index is 11.6. The van der Waals surface area contributed by atoms with Crippen molar-refractivity contribution >= 4 is 21.8 Å². The fourth-order valence-electron chi connectivity index (χ4n) is 1.08. The van der Waals surface area contributed by atoms with Crippen LogP contribution >= 0.6 is 15.9 Å². The molecule has 1 rings (SSSR count). The van der Waals surface area contributed by atoms with E-state index < -0.39 is 12.1 Å². The van der Waals surface area contributed by atoms with Crippen molar-refractivity contribution in [3.8, 4) is 0 Å². The van der Waals surface area contributed by atoms with E-state index >= 15 is 0 Å². The second kappa shape index (κ2) is 5.98. The Morgan fingerprint density at radius 3 is 2.56 bits per heavy atom. The lowest BCUT2D eigenvalue weighted by Crippen LogP contribution is -2.43. The van der Waals surface area contributed by atoms with E-state index in [-0.39, 0.29) is 12.5 Å². The lowest BCUT2D eigenvalue weighted by molar-refractivity contribution is 0.0937. The van der Waals surface area contributed by atoms with Crippen molar-refractivity contribution in [2.24, 2.45) is 5.73 Å². The molecule has 0 bridgehead atoms. The molecular weight excluding hydrogens is 272 g/mol. The second-order valence-electron chi connectivity index (χ2n) is 3.62. The van der Waals surface area contributed by atoms with Gasteiger partial charge in [-0.25, -0.2) is 0 Å². The lowest BCUT2D eigenvalue weighted by atomic mass is 10.2. The summed E-state index contributed by atoms with van der Waals surface area (Å²) < 4.78 is 0.921. The van der Waals surface area contributed by atoms with E-state index in [0.29, 0.717) is 5.56 Å². The van der Waals surface area contributed by atoms with E-state index in [0.717, 1.165) is 4.47 Å². The zero-order chi connectivity index (χ0) is 12.1. The van der Waals surface area contributed by atoms with Gasteiger partial charge >= 0.3 is 0 Å². The molecule has 5 heteroatoms. The Bertz CT molecular complexity index is 352. The first-order valence-corrected chi connectivity index (χ1v) is 5.77. The molecule has 88 valence electrons. The predicted octanol–water partition coefficient (Wildman–Crippen LogP) is 0.887. The molecule has 0 aliphatic carbocycles. The van der Waals surface area contributed by atoms with E-state index in [1.54, 1.807) is 31.2 Å². The highest BCUT2D eigenvalue weighted by Crippen LogP contribution is 2.10. The van der Waals surface area contributed by atoms with E-state index in [1.165, 1.54) is 0 Å². The summed E-state index contributed by atoms with van der Waals surface area (Å²) >= 11 is 3.29. The average Bonchev–Trinajstić information content (AvgIpc) is 2.26. The van der Waals surface area contributed by atoms with Gasteiger partial charge < -0.3 is 16.2 Å². The number of rotatable bonds is 4. The Kier molecular flexibility index (Phi) is 4.92. The molecule has 1 aromatic rings. The maximum Gasteiger partial charge on any atom is 0.251 e. The van der Waals surface area contributed by atoms with E-state index in [1.807, 2.05) is 0 Å². The van der Waals surface area contributed by atoms with Crippen LogP contribution in [0.3, 0.4) is 0 Å². The molecule has 0 aliphatic rings. The Balaban J connectivity index is 2.50. The number of aliphatic hydroxyl groups excluding tert-OH is 1. The monoisotopic (exact) mass is 286 g/mol. The molecule has 0 radical (unpaired) electrons. The van der Waals surface area contributed by atoms with Crippen LogP contribution in [0.25, 0.3) is 0 Å². The summed E-state index contributed by atoms with van der Waals surface area (Å²) in [5.74, 6) is -0.191. The number of aliphatic hydroxyl groups is 1. The van der Waals surface area contributed by atoms with Crippen molar-refractivity contribution in [1.82, 2.24) is 5.32 Å². The topological polar surface area (TPSA) is 75.3 Å². The molecular formula is C11H15BrN2O2. The maximum atomic E-state index is 11.6. The quantitative estimate of drug-likeness (QED) is 0.769. The molecule has 0 spiro atoms. The lowest BCUT2D eigenvalue weighted by Gasteiger charge is -2.15. The van der Waals surface area contributed by atoms with Gasteiger partial charge in [0.25, 0.3) is 5.91 Å². The zero-order valence-electron chi connectivity index (χ0n) is 8.98. The third-order valence-corrected chi connectivity index (χ3v) is 2.75. The van der Waals surface area contributed by atoms with Gasteiger partial charge in [-0.05, 0) is 31.2 Å². The SMILES string of the molecule is CC(O)C(N)CNC(=O)c1ccc(Br)cc1. The Morgan fingerprint density at radius 2 is 2.06 bits per heavy atom. The van der Waals surface area contributed by atoms with Crippen molar-refractivity contribution in [3.63, 3.8) is 0 Å². The van der Waals surface area contributed by atoms with Crippen LogP contribution in [-0.2, 0) is 0 Å². The number of hydrogen-bond donors (Lipinski definition) is 3. The highest BCUT2D eigenvalue weighted by atomic mass is 79.9. The van der Waals surface area contributed by atoms with Gasteiger partial charge in [-0.1, -0.05) is 15.9 Å². The highest BCUT2D eigenvalue weighted by molar-refractivity contribution is 9.10. The molecule has 2 unspecified atom stereocenters. The summed E-state index contributed by atoms with van der Waals surface area (Å²) in [6, 6.07) is 6.58. The largest absolute Gasteiger partial charge is 0.392 e. The van der Waals surface area contributed by atoms with Gasteiger partial charge in [0.15, 0.2) is 0 Å². The van der Waals surface area contributed by atoms with Crippen LogP contribution in [0.2, 0.25) is 0 Å². The van der Waals surface area contributed by atoms with Gasteiger partial charge in [-0.3, -0.25) is 4.79 Å². The van der Waals surface area contributed by atoms with Crippen LogP contribution in [0.4, 0.5) is 0 Å². The van der Waals surface area contributed by atoms with Crippen LogP contribution in [0.1, 0.15) is 17.3 Å². The average molecular weight is 287 g/mol. The van der Waals surface area contributed by atoms with Gasteiger partial charge in [0.05, 0.1) is 6.10 Å². The number of nitrogens with one attached hydrogen (secondary N) is 1. The molecule has 0 saturated heterocycles. The highest BCUT2D eigenvalue weighted by Gasteiger charge is 2.11. The number of benzene rings is 1. The predicted molar refractivity (Wildman–Crippen MR) is 66.1 cm³/mol. The van der Waals surface area contributed by atoms with Crippen LogP contribution in [0.15, 0.2) is 28.7 Å². The van der Waals surface area contributed by atoms with Gasteiger partial charge in [0.2, 0.25) is 0 Å². The first kappa shape index (κ1) is 13.2. The minimum absolute atomic E-state index is 0.191. The molecule has 16 heavy (non-hydrogen) atoms. The van der Waals surface area contributed by atoms with Crippen molar-refractivity contribution in [1.29, 1.82) is 0 Å². The number of halogens is 1. The summed E-state index contributed by atoms with van der Waals surface area (Å²) in [7, 11) is 0. The molecule has 0 aliphatic heterocycles. The molecule has 1 aromatic carbocycles. The third kappa shape index (κ3) is 3.92. The summed E-state index contributed by atoms with van der Waals surface area (Å²) in [5.41, 5.74) is 6.17. The van der Waals surface area contributed by atoms with E-state index in [9.17, 15) is 4.79 Å². The van der Waals surface area contributed by atoms with Crippen molar-refractivity contribution in [2.75, 3.05) is 6.54 Å². The number of carbonyl (C=O) groups excluding carboxylic acids is 1. The second-order valence-corrected chi connectivity index (χ2v) is 4.54. The fraction of sp³-hybridized carbons (Fsp3) is 0.364. The molecule has 4 nitrogen and oxygen atoms in total.